The van der Waals surface area contributed by atoms with E-state index in [1.807, 2.05) is 0 Å². The number of hydrogen-bond donors (Lipinski definition) is 0. The summed E-state index contributed by atoms with van der Waals surface area (Å²) in [6, 6.07) is 10.6. The van der Waals surface area contributed by atoms with Gasteiger partial charge in [-0.3, -0.25) is 0 Å². The molecule has 46 heavy (non-hydrogen) atoms. The van der Waals surface area contributed by atoms with Gasteiger partial charge in [-0.2, -0.15) is 19.0 Å². The van der Waals surface area contributed by atoms with Crippen LogP contribution >= 0.6 is 0 Å². The van der Waals surface area contributed by atoms with E-state index in [1.54, 1.807) is 0 Å². The van der Waals surface area contributed by atoms with Gasteiger partial charge in [0.1, 0.15) is 0 Å². The first-order valence-corrected chi connectivity index (χ1v) is 26.9. The Morgan fingerprint density at radius 2 is 0.826 bits per heavy atom. The van der Waals surface area contributed by atoms with Crippen LogP contribution in [0.2, 0.25) is 73.4 Å². The second-order valence-corrected chi connectivity index (χ2v) is 32.9. The van der Waals surface area contributed by atoms with Crippen molar-refractivity contribution in [2.24, 2.45) is 0 Å². The van der Waals surface area contributed by atoms with Crippen LogP contribution in [0.4, 0.5) is 0 Å². The molecular formula is C38H74BLiO3Si3. The molecule has 0 saturated carbocycles. The Kier molecular flexibility index (Phi) is 19.4. The van der Waals surface area contributed by atoms with E-state index in [2.05, 4.69) is 144 Å². The van der Waals surface area contributed by atoms with E-state index in [0.29, 0.717) is 0 Å². The maximum Gasteiger partial charge on any atom is 1.00 e. The molecule has 0 heterocycles. The summed E-state index contributed by atoms with van der Waals surface area (Å²) in [4.78, 5) is 0. The van der Waals surface area contributed by atoms with Gasteiger partial charge in [-0.25, -0.2) is 0 Å². The second kappa shape index (κ2) is 19.4. The summed E-state index contributed by atoms with van der Waals surface area (Å²) in [6.45, 7) is 37.8. The maximum absolute atomic E-state index is 6.57. The molecule has 8 heteroatoms. The molecule has 0 aliphatic carbocycles. The zero-order chi connectivity index (χ0) is 34.6. The summed E-state index contributed by atoms with van der Waals surface area (Å²) in [5.41, 5.74) is 1.13. The average molecular weight is 681 g/mol. The van der Waals surface area contributed by atoms with Crippen molar-refractivity contribution >= 4 is 31.1 Å². The van der Waals surface area contributed by atoms with Gasteiger partial charge in [-0.1, -0.05) is 99.8 Å². The fraction of sp³-hybridized carbons (Fsp3) is 0.789. The zero-order valence-corrected chi connectivity index (χ0v) is 36.7. The van der Waals surface area contributed by atoms with Crippen LogP contribution in [0.1, 0.15) is 106 Å². The molecule has 0 unspecified atom stereocenters. The van der Waals surface area contributed by atoms with E-state index in [0.717, 1.165) is 44.6 Å². The van der Waals surface area contributed by atoms with Crippen LogP contribution in [0.5, 0.6) is 0 Å². The summed E-state index contributed by atoms with van der Waals surface area (Å²) < 4.78 is 19.7. The molecule has 0 radical (unpaired) electrons. The molecule has 0 atom stereocenters. The van der Waals surface area contributed by atoms with Crippen LogP contribution in [0, 0.1) is 11.7 Å². The summed E-state index contributed by atoms with van der Waals surface area (Å²) in [5, 5.41) is 0.752. The van der Waals surface area contributed by atoms with Crippen LogP contribution < -0.4 is 18.9 Å². The van der Waals surface area contributed by atoms with Crippen molar-refractivity contribution in [2.45, 2.75) is 174 Å². The fourth-order valence-corrected chi connectivity index (χ4v) is 8.21. The molecule has 260 valence electrons. The smallest absolute Gasteiger partial charge is 0.417 e. The molecular weight excluding hydrogens is 606 g/mol. The third-order valence-electron chi connectivity index (χ3n) is 11.6. The van der Waals surface area contributed by atoms with E-state index >= 15 is 0 Å². The van der Waals surface area contributed by atoms with Gasteiger partial charge in [0, 0.05) is 25.4 Å². The van der Waals surface area contributed by atoms with Crippen LogP contribution in [0.25, 0.3) is 0 Å². The Bertz CT molecular complexity index is 957. The maximum atomic E-state index is 6.57. The predicted octanol–water partition coefficient (Wildman–Crippen LogP) is 9.44. The Labute approximate surface area is 303 Å². The Morgan fingerprint density at radius 1 is 0.522 bits per heavy atom. The van der Waals surface area contributed by atoms with Gasteiger partial charge in [0.2, 0.25) is 0 Å². The molecule has 0 aliphatic heterocycles. The standard InChI is InChI=1S/C38H74BO3Si3.Li/c1-36(2,3)43(10,11)40-32-22-19-28-39(31-27-35-25-17-16-18-26-35,29-20-23-33-41-44(12,13)37(4,5)6)30-21-24-34-42-45(14,15)38(7,8)9;/h16-18,25-26H,19-24,28-30,32-34H2,1-15H3;/q-1;+1. The monoisotopic (exact) mass is 681 g/mol. The normalized spacial score (nSPS) is 13.6. The van der Waals surface area contributed by atoms with Crippen LogP contribution in [0.3, 0.4) is 0 Å². The number of rotatable bonds is 18. The Hall–Kier alpha value is -0.0270. The van der Waals surface area contributed by atoms with Crippen LogP contribution in [0.15, 0.2) is 30.3 Å². The summed E-state index contributed by atoms with van der Waals surface area (Å²) in [6.07, 6.45) is 9.61. The van der Waals surface area contributed by atoms with Gasteiger partial charge in [-0.05, 0) is 85.8 Å². The summed E-state index contributed by atoms with van der Waals surface area (Å²) in [7, 11) is -5.17. The van der Waals surface area contributed by atoms with Crippen LogP contribution in [-0.2, 0) is 13.3 Å². The van der Waals surface area contributed by atoms with Gasteiger partial charge in [0.15, 0.2) is 25.0 Å². The summed E-state index contributed by atoms with van der Waals surface area (Å²) in [5.74, 6) is 7.61. The number of unbranched alkanes of at least 4 members (excludes halogenated alkanes) is 3. The fourth-order valence-electron chi connectivity index (χ4n) is 4.95. The number of benzene rings is 1. The van der Waals surface area contributed by atoms with Crippen molar-refractivity contribution in [3.05, 3.63) is 35.9 Å². The minimum absolute atomic E-state index is 0. The molecule has 0 aromatic heterocycles. The van der Waals surface area contributed by atoms with Crippen molar-refractivity contribution < 1.29 is 32.1 Å². The van der Waals surface area contributed by atoms with E-state index in [4.69, 9.17) is 13.3 Å². The molecule has 0 N–H and O–H groups in total. The molecule has 1 aromatic carbocycles. The largest absolute Gasteiger partial charge is 1.00 e. The molecule has 1 rings (SSSR count). The molecule has 0 bridgehead atoms. The third-order valence-corrected chi connectivity index (χ3v) is 25.2. The molecule has 0 amide bonds. The minimum Gasteiger partial charge on any atom is -0.417 e. The predicted molar refractivity (Wildman–Crippen MR) is 211 cm³/mol. The molecule has 3 nitrogen and oxygen atoms in total. The van der Waals surface area contributed by atoms with Crippen molar-refractivity contribution in [3.63, 3.8) is 0 Å². The first kappa shape index (κ1) is 46.0. The first-order chi connectivity index (χ1) is 20.4. The van der Waals surface area contributed by atoms with Gasteiger partial charge >= 0.3 is 18.9 Å². The molecule has 0 fully saturated rings. The Morgan fingerprint density at radius 3 is 1.11 bits per heavy atom. The molecule has 0 saturated heterocycles. The Balaban J connectivity index is 0.0000202. The molecule has 1 aromatic rings. The topological polar surface area (TPSA) is 27.7 Å². The minimum atomic E-state index is -1.72. The van der Waals surface area contributed by atoms with E-state index in [9.17, 15) is 0 Å². The van der Waals surface area contributed by atoms with Crippen molar-refractivity contribution in [2.75, 3.05) is 19.8 Å². The molecule has 0 spiro atoms. The average Bonchev–Trinajstić information content (AvgIpc) is 2.89. The second-order valence-electron chi connectivity index (χ2n) is 18.4. The third kappa shape index (κ3) is 16.1. The van der Waals surface area contributed by atoms with Gasteiger partial charge in [-0.15, -0.1) is 5.92 Å². The van der Waals surface area contributed by atoms with Crippen LogP contribution in [-0.4, -0.2) is 50.9 Å². The SMILES string of the molecule is CC(C)(C)[Si](C)(C)OCCCC[B-](C#Cc1ccccc1)(CCCCO[Si](C)(C)C(C)(C)C)CCCCO[Si](C)(C)C(C)(C)C.[Li+]. The van der Waals surface area contributed by atoms with E-state index < -0.39 is 31.1 Å². The summed E-state index contributed by atoms with van der Waals surface area (Å²) >= 11 is 0. The van der Waals surface area contributed by atoms with Crippen molar-refractivity contribution in [3.8, 4) is 11.7 Å². The van der Waals surface area contributed by atoms with E-state index in [1.165, 1.54) is 38.2 Å². The van der Waals surface area contributed by atoms with Gasteiger partial charge < -0.3 is 19.1 Å². The van der Waals surface area contributed by atoms with E-state index in [-0.39, 0.29) is 34.0 Å². The molecule has 0 aliphatic rings. The van der Waals surface area contributed by atoms with Crippen molar-refractivity contribution in [1.82, 2.24) is 0 Å². The number of hydrogen-bond acceptors (Lipinski definition) is 3. The quantitative estimate of drug-likeness (QED) is 0.0879. The van der Waals surface area contributed by atoms with Gasteiger partial charge in [0.25, 0.3) is 0 Å². The first-order valence-electron chi connectivity index (χ1n) is 18.2. The van der Waals surface area contributed by atoms with Gasteiger partial charge in [0.05, 0.1) is 6.15 Å². The zero-order valence-electron chi connectivity index (χ0n) is 33.7. The van der Waals surface area contributed by atoms with Crippen molar-refractivity contribution in [1.29, 1.82) is 0 Å².